The lowest BCUT2D eigenvalue weighted by atomic mass is 9.92. The van der Waals surface area contributed by atoms with Crippen LogP contribution in [0.3, 0.4) is 0 Å². The van der Waals surface area contributed by atoms with Crippen molar-refractivity contribution >= 4 is 11.6 Å². The van der Waals surface area contributed by atoms with Crippen molar-refractivity contribution in [2.45, 2.75) is 12.3 Å². The van der Waals surface area contributed by atoms with Gasteiger partial charge in [0.25, 0.3) is 0 Å². The molecule has 0 aliphatic carbocycles. The van der Waals surface area contributed by atoms with Crippen molar-refractivity contribution in [1.29, 1.82) is 0 Å². The van der Waals surface area contributed by atoms with E-state index >= 15 is 0 Å². The molecule has 1 atom stereocenters. The highest BCUT2D eigenvalue weighted by molar-refractivity contribution is 6.30. The van der Waals surface area contributed by atoms with Gasteiger partial charge in [-0.1, -0.05) is 41.9 Å². The lowest BCUT2D eigenvalue weighted by Gasteiger charge is -2.19. The summed E-state index contributed by atoms with van der Waals surface area (Å²) < 4.78 is 0. The monoisotopic (exact) mass is 274 g/mol. The highest BCUT2D eigenvalue weighted by Crippen LogP contribution is 2.27. The lowest BCUT2D eigenvalue weighted by molar-refractivity contribution is 0.389. The number of halogens is 1. The predicted molar refractivity (Wildman–Crippen MR) is 80.7 cm³/mol. The van der Waals surface area contributed by atoms with Crippen molar-refractivity contribution in [1.82, 2.24) is 9.88 Å². The molecule has 0 saturated heterocycles. The predicted octanol–water partition coefficient (Wildman–Crippen LogP) is 3.82. The molecule has 0 aliphatic rings. The first-order valence-electron chi connectivity index (χ1n) is 6.48. The first-order valence-corrected chi connectivity index (χ1v) is 6.86. The van der Waals surface area contributed by atoms with Crippen molar-refractivity contribution in [3.05, 3.63) is 64.9 Å². The zero-order chi connectivity index (χ0) is 13.7. The first kappa shape index (κ1) is 14.0. The number of rotatable bonds is 5. The maximum absolute atomic E-state index is 6.09. The molecular weight excluding hydrogens is 256 g/mol. The molecule has 0 amide bonds. The van der Waals surface area contributed by atoms with Gasteiger partial charge in [0.05, 0.1) is 0 Å². The standard InChI is InChI=1S/C16H19ClN2/c1-19(2)11-9-15(13-6-4-3-5-7-13)16-12-14(17)8-10-18-16/h3-8,10,12,15H,9,11H2,1-2H3/t15-/m0/s1. The zero-order valence-electron chi connectivity index (χ0n) is 11.4. The van der Waals surface area contributed by atoms with Crippen LogP contribution in [-0.4, -0.2) is 30.5 Å². The van der Waals surface area contributed by atoms with E-state index in [0.717, 1.165) is 23.7 Å². The summed E-state index contributed by atoms with van der Waals surface area (Å²) in [5, 5.41) is 0.746. The Morgan fingerprint density at radius 1 is 1.16 bits per heavy atom. The van der Waals surface area contributed by atoms with Crippen LogP contribution in [0.1, 0.15) is 23.6 Å². The van der Waals surface area contributed by atoms with Crippen molar-refractivity contribution in [2.75, 3.05) is 20.6 Å². The number of hydrogen-bond donors (Lipinski definition) is 0. The van der Waals surface area contributed by atoms with Crippen molar-refractivity contribution in [2.24, 2.45) is 0 Å². The number of pyridine rings is 1. The van der Waals surface area contributed by atoms with Gasteiger partial charge in [0.2, 0.25) is 0 Å². The molecule has 0 unspecified atom stereocenters. The minimum absolute atomic E-state index is 0.294. The molecule has 0 saturated carbocycles. The molecule has 2 rings (SSSR count). The third-order valence-electron chi connectivity index (χ3n) is 3.17. The van der Waals surface area contributed by atoms with E-state index in [0.29, 0.717) is 5.92 Å². The number of benzene rings is 1. The Hall–Kier alpha value is -1.38. The van der Waals surface area contributed by atoms with Gasteiger partial charge in [0, 0.05) is 22.8 Å². The van der Waals surface area contributed by atoms with Crippen LogP contribution < -0.4 is 0 Å². The molecule has 2 aromatic rings. The molecule has 0 radical (unpaired) electrons. The second-order valence-corrected chi connectivity index (χ2v) is 5.39. The zero-order valence-corrected chi connectivity index (χ0v) is 12.1. The Morgan fingerprint density at radius 3 is 2.53 bits per heavy atom. The Kier molecular flexibility index (Phi) is 4.94. The third kappa shape index (κ3) is 4.05. The van der Waals surface area contributed by atoms with Gasteiger partial charge < -0.3 is 4.90 Å². The van der Waals surface area contributed by atoms with E-state index in [9.17, 15) is 0 Å². The van der Waals surface area contributed by atoms with Crippen LogP contribution in [0, 0.1) is 0 Å². The Morgan fingerprint density at radius 2 is 1.89 bits per heavy atom. The molecule has 0 N–H and O–H groups in total. The molecule has 3 heteroatoms. The van der Waals surface area contributed by atoms with Gasteiger partial charge in [0.1, 0.15) is 0 Å². The number of aromatic nitrogens is 1. The van der Waals surface area contributed by atoms with E-state index in [1.54, 1.807) is 6.20 Å². The fourth-order valence-electron chi connectivity index (χ4n) is 2.17. The minimum Gasteiger partial charge on any atom is -0.309 e. The summed E-state index contributed by atoms with van der Waals surface area (Å²) in [6.45, 7) is 1.02. The summed E-state index contributed by atoms with van der Waals surface area (Å²) in [5.41, 5.74) is 2.33. The topological polar surface area (TPSA) is 16.1 Å². The minimum atomic E-state index is 0.294. The van der Waals surface area contributed by atoms with E-state index in [1.165, 1.54) is 5.56 Å². The van der Waals surface area contributed by atoms with Crippen molar-refractivity contribution in [3.63, 3.8) is 0 Å². The molecule has 100 valence electrons. The molecular formula is C16H19ClN2. The van der Waals surface area contributed by atoms with Gasteiger partial charge in [-0.15, -0.1) is 0 Å². The van der Waals surface area contributed by atoms with Gasteiger partial charge in [-0.05, 0) is 44.8 Å². The quantitative estimate of drug-likeness (QED) is 0.824. The molecule has 2 nitrogen and oxygen atoms in total. The molecule has 1 aromatic carbocycles. The second-order valence-electron chi connectivity index (χ2n) is 4.95. The summed E-state index contributed by atoms with van der Waals surface area (Å²) in [6.07, 6.45) is 2.81. The smallest absolute Gasteiger partial charge is 0.0493 e. The fourth-order valence-corrected chi connectivity index (χ4v) is 2.34. The van der Waals surface area contributed by atoms with Crippen LogP contribution >= 0.6 is 11.6 Å². The van der Waals surface area contributed by atoms with E-state index in [2.05, 4.69) is 48.2 Å². The Bertz CT molecular complexity index is 511. The Balaban J connectivity index is 2.29. The average Bonchev–Trinajstić information content (AvgIpc) is 2.40. The molecule has 0 aliphatic heterocycles. The highest BCUT2D eigenvalue weighted by atomic mass is 35.5. The molecule has 0 fully saturated rings. The summed E-state index contributed by atoms with van der Waals surface area (Å²) in [7, 11) is 4.18. The van der Waals surface area contributed by atoms with Gasteiger partial charge >= 0.3 is 0 Å². The van der Waals surface area contributed by atoms with Gasteiger partial charge in [-0.3, -0.25) is 4.98 Å². The largest absolute Gasteiger partial charge is 0.309 e. The van der Waals surface area contributed by atoms with Gasteiger partial charge in [-0.2, -0.15) is 0 Å². The molecule has 0 bridgehead atoms. The Labute approximate surface area is 120 Å². The lowest BCUT2D eigenvalue weighted by Crippen LogP contribution is -2.17. The normalized spacial score (nSPS) is 12.6. The molecule has 1 heterocycles. The maximum atomic E-state index is 6.09. The first-order chi connectivity index (χ1) is 9.16. The van der Waals surface area contributed by atoms with Crippen LogP contribution in [0.5, 0.6) is 0 Å². The van der Waals surface area contributed by atoms with Gasteiger partial charge in [-0.25, -0.2) is 0 Å². The summed E-state index contributed by atoms with van der Waals surface area (Å²) >= 11 is 6.09. The number of hydrogen-bond acceptors (Lipinski definition) is 2. The van der Waals surface area contributed by atoms with E-state index < -0.39 is 0 Å². The van der Waals surface area contributed by atoms with Gasteiger partial charge in [0.15, 0.2) is 0 Å². The maximum Gasteiger partial charge on any atom is 0.0493 e. The van der Waals surface area contributed by atoms with Crippen molar-refractivity contribution < 1.29 is 0 Å². The van der Waals surface area contributed by atoms with Crippen molar-refractivity contribution in [3.8, 4) is 0 Å². The molecule has 1 aromatic heterocycles. The van der Waals surface area contributed by atoms with E-state index in [4.69, 9.17) is 11.6 Å². The van der Waals surface area contributed by atoms with E-state index in [-0.39, 0.29) is 0 Å². The SMILES string of the molecule is CN(C)CC[C@@H](c1ccccc1)c1cc(Cl)ccn1. The van der Waals surface area contributed by atoms with Crippen LogP contribution in [0.4, 0.5) is 0 Å². The highest BCUT2D eigenvalue weighted by Gasteiger charge is 2.15. The molecule has 19 heavy (non-hydrogen) atoms. The summed E-state index contributed by atoms with van der Waals surface area (Å²) in [5.74, 6) is 0.294. The average molecular weight is 275 g/mol. The van der Waals surface area contributed by atoms with Crippen LogP contribution in [0.25, 0.3) is 0 Å². The fraction of sp³-hybridized carbons (Fsp3) is 0.312. The summed E-state index contributed by atoms with van der Waals surface area (Å²) in [6, 6.07) is 14.3. The van der Waals surface area contributed by atoms with E-state index in [1.807, 2.05) is 18.2 Å². The van der Waals surface area contributed by atoms with Crippen LogP contribution in [0.2, 0.25) is 5.02 Å². The second kappa shape index (κ2) is 6.69. The molecule has 0 spiro atoms. The van der Waals surface area contributed by atoms with Crippen LogP contribution in [-0.2, 0) is 0 Å². The third-order valence-corrected chi connectivity index (χ3v) is 3.40. The number of nitrogens with zero attached hydrogens (tertiary/aromatic N) is 2. The summed E-state index contributed by atoms with van der Waals surface area (Å²) in [4.78, 5) is 6.69. The van der Waals surface area contributed by atoms with Crippen LogP contribution in [0.15, 0.2) is 48.7 Å².